The molecule has 1 N–H and O–H groups in total. The topological polar surface area (TPSA) is 41.1 Å². The van der Waals surface area contributed by atoms with Crippen LogP contribution < -0.4 is 5.32 Å². The lowest BCUT2D eigenvalue weighted by molar-refractivity contribution is 0.215. The van der Waals surface area contributed by atoms with E-state index in [1.165, 1.54) is 25.7 Å². The van der Waals surface area contributed by atoms with Gasteiger partial charge in [0.25, 0.3) is 0 Å². The summed E-state index contributed by atoms with van der Waals surface area (Å²) in [5.74, 6) is 0. The second-order valence-corrected chi connectivity index (χ2v) is 6.61. The van der Waals surface area contributed by atoms with Gasteiger partial charge in [0, 0.05) is 18.5 Å². The van der Waals surface area contributed by atoms with Gasteiger partial charge in [-0.05, 0) is 33.9 Å². The van der Waals surface area contributed by atoms with Gasteiger partial charge in [0.05, 0.1) is 0 Å². The molecule has 1 saturated carbocycles. The minimum Gasteiger partial charge on any atom is -0.359 e. The van der Waals surface area contributed by atoms with E-state index in [-0.39, 0.29) is 0 Å². The third-order valence-corrected chi connectivity index (χ3v) is 4.25. The fraction of sp³-hybridized carbons (Fsp3) is 0.833. The first-order chi connectivity index (χ1) is 8.10. The molecular weight excluding hydrogens is 232 g/mol. The number of nitrogens with one attached hydrogen (secondary N) is 1. The van der Waals surface area contributed by atoms with Crippen molar-refractivity contribution in [3.63, 3.8) is 0 Å². The maximum absolute atomic E-state index is 4.13. The van der Waals surface area contributed by atoms with Gasteiger partial charge in [0.2, 0.25) is 5.13 Å². The normalized spacial score (nSPS) is 18.8. The number of aryl methyl sites for hydroxylation is 1. The SMILES string of the molecule is Cc1nnc(NCC2(CN(C)C)CCCC2)s1. The van der Waals surface area contributed by atoms with E-state index in [9.17, 15) is 0 Å². The summed E-state index contributed by atoms with van der Waals surface area (Å²) in [7, 11) is 4.32. The second kappa shape index (κ2) is 5.31. The molecule has 5 heteroatoms. The highest BCUT2D eigenvalue weighted by Crippen LogP contribution is 2.38. The highest BCUT2D eigenvalue weighted by atomic mass is 32.1. The Morgan fingerprint density at radius 2 is 2.00 bits per heavy atom. The summed E-state index contributed by atoms with van der Waals surface area (Å²) < 4.78 is 0. The predicted molar refractivity (Wildman–Crippen MR) is 72.6 cm³/mol. The molecule has 17 heavy (non-hydrogen) atoms. The van der Waals surface area contributed by atoms with Crippen molar-refractivity contribution in [3.05, 3.63) is 5.01 Å². The fourth-order valence-corrected chi connectivity index (χ4v) is 3.41. The van der Waals surface area contributed by atoms with Crippen LogP contribution in [0, 0.1) is 12.3 Å². The zero-order valence-corrected chi connectivity index (χ0v) is 11.8. The Morgan fingerprint density at radius 3 is 2.53 bits per heavy atom. The van der Waals surface area contributed by atoms with E-state index >= 15 is 0 Å². The van der Waals surface area contributed by atoms with Crippen molar-refractivity contribution < 1.29 is 0 Å². The molecule has 0 unspecified atom stereocenters. The van der Waals surface area contributed by atoms with Crippen LogP contribution in [-0.4, -0.2) is 42.3 Å². The van der Waals surface area contributed by atoms with Crippen molar-refractivity contribution in [2.24, 2.45) is 5.41 Å². The fourth-order valence-electron chi connectivity index (χ4n) is 2.82. The number of rotatable bonds is 5. The van der Waals surface area contributed by atoms with Crippen LogP contribution >= 0.6 is 11.3 Å². The Labute approximate surface area is 107 Å². The highest BCUT2D eigenvalue weighted by molar-refractivity contribution is 7.15. The molecule has 96 valence electrons. The van der Waals surface area contributed by atoms with E-state index in [1.807, 2.05) is 6.92 Å². The summed E-state index contributed by atoms with van der Waals surface area (Å²) in [6.07, 6.45) is 5.39. The quantitative estimate of drug-likeness (QED) is 0.876. The lowest BCUT2D eigenvalue weighted by Crippen LogP contribution is -2.37. The standard InChI is InChI=1S/C12H22N4S/c1-10-14-15-11(17-10)13-8-12(9-16(2)3)6-4-5-7-12/h4-9H2,1-3H3,(H,13,15). The maximum atomic E-state index is 4.13. The molecule has 4 nitrogen and oxygen atoms in total. The molecule has 1 aliphatic rings. The Bertz CT molecular complexity index is 355. The molecule has 1 fully saturated rings. The van der Waals surface area contributed by atoms with E-state index in [1.54, 1.807) is 11.3 Å². The first-order valence-electron chi connectivity index (χ1n) is 6.28. The molecule has 1 aliphatic carbocycles. The number of aromatic nitrogens is 2. The summed E-state index contributed by atoms with van der Waals surface area (Å²) in [6, 6.07) is 0. The monoisotopic (exact) mass is 254 g/mol. The molecule has 0 saturated heterocycles. The number of hydrogen-bond donors (Lipinski definition) is 1. The summed E-state index contributed by atoms with van der Waals surface area (Å²) in [5, 5.41) is 13.6. The molecule has 1 heterocycles. The maximum Gasteiger partial charge on any atom is 0.205 e. The van der Waals surface area contributed by atoms with Crippen LogP contribution in [0.25, 0.3) is 0 Å². The molecule has 0 radical (unpaired) electrons. The lowest BCUT2D eigenvalue weighted by Gasteiger charge is -2.32. The molecule has 1 aromatic heterocycles. The van der Waals surface area contributed by atoms with Gasteiger partial charge in [-0.1, -0.05) is 24.2 Å². The summed E-state index contributed by atoms with van der Waals surface area (Å²) in [4.78, 5) is 2.30. The molecule has 0 atom stereocenters. The van der Waals surface area contributed by atoms with Gasteiger partial charge < -0.3 is 10.2 Å². The second-order valence-electron chi connectivity index (χ2n) is 5.42. The van der Waals surface area contributed by atoms with Crippen LogP contribution in [0.4, 0.5) is 5.13 Å². The molecular formula is C12H22N4S. The van der Waals surface area contributed by atoms with Crippen molar-refractivity contribution >= 4 is 16.5 Å². The van der Waals surface area contributed by atoms with E-state index < -0.39 is 0 Å². The van der Waals surface area contributed by atoms with Crippen LogP contribution in [0.2, 0.25) is 0 Å². The lowest BCUT2D eigenvalue weighted by atomic mass is 9.85. The van der Waals surface area contributed by atoms with E-state index in [2.05, 4.69) is 34.5 Å². The number of nitrogens with zero attached hydrogens (tertiary/aromatic N) is 3. The Kier molecular flexibility index (Phi) is 3.99. The van der Waals surface area contributed by atoms with Crippen molar-refractivity contribution in [2.75, 3.05) is 32.5 Å². The molecule has 0 aromatic carbocycles. The number of hydrogen-bond acceptors (Lipinski definition) is 5. The summed E-state index contributed by atoms with van der Waals surface area (Å²) >= 11 is 1.64. The minimum absolute atomic E-state index is 0.434. The minimum atomic E-state index is 0.434. The molecule has 0 amide bonds. The molecule has 0 spiro atoms. The first kappa shape index (κ1) is 12.8. The van der Waals surface area contributed by atoms with Crippen LogP contribution in [-0.2, 0) is 0 Å². The summed E-state index contributed by atoms with van der Waals surface area (Å²) in [5.41, 5.74) is 0.434. The third-order valence-electron chi connectivity index (χ3n) is 3.46. The Hall–Kier alpha value is -0.680. The van der Waals surface area contributed by atoms with Gasteiger partial charge in [-0.2, -0.15) is 0 Å². The van der Waals surface area contributed by atoms with Gasteiger partial charge in [-0.15, -0.1) is 10.2 Å². The first-order valence-corrected chi connectivity index (χ1v) is 7.10. The zero-order chi connectivity index (χ0) is 12.3. The van der Waals surface area contributed by atoms with Gasteiger partial charge in [-0.25, -0.2) is 0 Å². The smallest absolute Gasteiger partial charge is 0.205 e. The average Bonchev–Trinajstić information content (AvgIpc) is 2.85. The van der Waals surface area contributed by atoms with E-state index in [4.69, 9.17) is 0 Å². The van der Waals surface area contributed by atoms with Gasteiger partial charge in [0.1, 0.15) is 5.01 Å². The average molecular weight is 254 g/mol. The summed E-state index contributed by atoms with van der Waals surface area (Å²) in [6.45, 7) is 4.19. The molecule has 1 aromatic rings. The predicted octanol–water partition coefficient (Wildman–Crippen LogP) is 2.38. The van der Waals surface area contributed by atoms with Gasteiger partial charge >= 0.3 is 0 Å². The van der Waals surface area contributed by atoms with Crippen LogP contribution in [0.15, 0.2) is 0 Å². The van der Waals surface area contributed by atoms with Gasteiger partial charge in [0.15, 0.2) is 0 Å². The van der Waals surface area contributed by atoms with Gasteiger partial charge in [-0.3, -0.25) is 0 Å². The van der Waals surface area contributed by atoms with Crippen molar-refractivity contribution in [2.45, 2.75) is 32.6 Å². The highest BCUT2D eigenvalue weighted by Gasteiger charge is 2.34. The van der Waals surface area contributed by atoms with E-state index in [0.29, 0.717) is 5.41 Å². The van der Waals surface area contributed by atoms with E-state index in [0.717, 1.165) is 23.2 Å². The largest absolute Gasteiger partial charge is 0.359 e. The van der Waals surface area contributed by atoms with Crippen LogP contribution in [0.3, 0.4) is 0 Å². The van der Waals surface area contributed by atoms with Crippen molar-refractivity contribution in [1.82, 2.24) is 15.1 Å². The number of anilines is 1. The van der Waals surface area contributed by atoms with Crippen LogP contribution in [0.5, 0.6) is 0 Å². The Morgan fingerprint density at radius 1 is 1.29 bits per heavy atom. The third kappa shape index (κ3) is 3.39. The van der Waals surface area contributed by atoms with Crippen LogP contribution in [0.1, 0.15) is 30.7 Å². The molecule has 2 rings (SSSR count). The molecule has 0 aliphatic heterocycles. The Balaban J connectivity index is 1.94. The zero-order valence-electron chi connectivity index (χ0n) is 11.0. The van der Waals surface area contributed by atoms with Crippen molar-refractivity contribution in [3.8, 4) is 0 Å². The van der Waals surface area contributed by atoms with Crippen molar-refractivity contribution in [1.29, 1.82) is 0 Å². The molecule has 0 bridgehead atoms.